The lowest BCUT2D eigenvalue weighted by Crippen LogP contribution is -2.44. The summed E-state index contributed by atoms with van der Waals surface area (Å²) in [6.45, 7) is 1.91. The van der Waals surface area contributed by atoms with Gasteiger partial charge in [0, 0.05) is 16.6 Å². The van der Waals surface area contributed by atoms with Crippen LogP contribution in [-0.2, 0) is 19.1 Å². The molecule has 0 saturated carbocycles. The number of nitrogens with zero attached hydrogens (tertiary/aromatic N) is 1. The Morgan fingerprint density at radius 2 is 1.84 bits per heavy atom. The Balaban J connectivity index is 1.87. The first-order chi connectivity index (χ1) is 15.3. The summed E-state index contributed by atoms with van der Waals surface area (Å²) in [4.78, 5) is 37.6. The Morgan fingerprint density at radius 1 is 1.19 bits per heavy atom. The van der Waals surface area contributed by atoms with Crippen molar-refractivity contribution in [2.75, 3.05) is 18.2 Å². The third-order valence-electron chi connectivity index (χ3n) is 4.90. The van der Waals surface area contributed by atoms with Crippen LogP contribution < -0.4 is 10.6 Å². The van der Waals surface area contributed by atoms with Crippen molar-refractivity contribution in [1.82, 2.24) is 5.32 Å². The zero-order valence-corrected chi connectivity index (χ0v) is 18.9. The largest absolute Gasteiger partial charge is 0.468 e. The minimum Gasteiger partial charge on any atom is -0.468 e. The third kappa shape index (κ3) is 5.31. The molecule has 2 amide bonds. The van der Waals surface area contributed by atoms with Gasteiger partial charge in [0.1, 0.15) is 5.92 Å². The van der Waals surface area contributed by atoms with Crippen molar-refractivity contribution in [1.29, 1.82) is 5.26 Å². The van der Waals surface area contributed by atoms with Crippen LogP contribution in [-0.4, -0.2) is 30.6 Å². The second kappa shape index (κ2) is 10.4. The molecule has 0 spiro atoms. The Kier molecular flexibility index (Phi) is 7.57. The van der Waals surface area contributed by atoms with Crippen molar-refractivity contribution < 1.29 is 19.1 Å². The highest BCUT2D eigenvalue weighted by Gasteiger charge is 2.44. The summed E-state index contributed by atoms with van der Waals surface area (Å²) in [7, 11) is 1.20. The topological polar surface area (TPSA) is 108 Å². The number of amides is 2. The molecule has 2 N–H and O–H groups in total. The first kappa shape index (κ1) is 23.4. The molecule has 9 heteroatoms. The van der Waals surface area contributed by atoms with Gasteiger partial charge >= 0.3 is 5.97 Å². The van der Waals surface area contributed by atoms with Gasteiger partial charge in [0.15, 0.2) is 0 Å². The van der Waals surface area contributed by atoms with Crippen molar-refractivity contribution in [2.45, 2.75) is 12.8 Å². The minimum atomic E-state index is -1.20. The van der Waals surface area contributed by atoms with Gasteiger partial charge in [-0.3, -0.25) is 14.4 Å². The summed E-state index contributed by atoms with van der Waals surface area (Å²) in [5, 5.41) is 16.0. The number of nitrogens with one attached hydrogen (secondary N) is 2. The predicted molar refractivity (Wildman–Crippen MR) is 123 cm³/mol. The van der Waals surface area contributed by atoms with E-state index in [1.54, 1.807) is 36.4 Å². The Bertz CT molecular complexity index is 1110. The van der Waals surface area contributed by atoms with Crippen LogP contribution in [0.25, 0.3) is 0 Å². The number of hydrogen-bond donors (Lipinski definition) is 2. The van der Waals surface area contributed by atoms with E-state index < -0.39 is 23.7 Å². The number of esters is 1. The number of benzene rings is 2. The van der Waals surface area contributed by atoms with Gasteiger partial charge in [-0.15, -0.1) is 0 Å². The van der Waals surface area contributed by atoms with E-state index in [1.807, 2.05) is 19.1 Å². The van der Waals surface area contributed by atoms with E-state index in [9.17, 15) is 19.6 Å². The van der Waals surface area contributed by atoms with E-state index in [0.717, 1.165) is 17.3 Å². The van der Waals surface area contributed by atoms with Crippen LogP contribution in [0.4, 0.5) is 5.69 Å². The van der Waals surface area contributed by atoms with Crippen molar-refractivity contribution in [3.8, 4) is 6.07 Å². The lowest BCUT2D eigenvalue weighted by molar-refractivity contribution is -0.150. The first-order valence-electron chi connectivity index (χ1n) is 9.61. The predicted octanol–water partition coefficient (Wildman–Crippen LogP) is 3.76. The maximum absolute atomic E-state index is 12.8. The number of anilines is 1. The maximum Gasteiger partial charge on any atom is 0.319 e. The van der Waals surface area contributed by atoms with Crippen molar-refractivity contribution in [3.05, 3.63) is 75.3 Å². The van der Waals surface area contributed by atoms with Gasteiger partial charge in [-0.2, -0.15) is 5.26 Å². The molecule has 1 heterocycles. The van der Waals surface area contributed by atoms with E-state index in [0.29, 0.717) is 16.3 Å². The standard InChI is InChI=1S/C23H20ClN3O4S/c1-13-3-5-14(6-4-13)19-17(11-25)22(27-21(29)20(19)23(30)31-2)32-12-18(28)26-16-9-7-15(24)8-10-16/h3-10,19-20H,12H2,1-2H3,(H,26,28)(H,27,29)/t19-,20+/m1/s1. The van der Waals surface area contributed by atoms with E-state index in [-0.39, 0.29) is 22.3 Å². The Hall–Kier alpha value is -3.28. The Labute approximate surface area is 194 Å². The van der Waals surface area contributed by atoms with Gasteiger partial charge in [0.05, 0.1) is 29.5 Å². The van der Waals surface area contributed by atoms with Crippen LogP contribution in [0, 0.1) is 24.2 Å². The quantitative estimate of drug-likeness (QED) is 0.492. The highest BCUT2D eigenvalue weighted by Crippen LogP contribution is 2.40. The summed E-state index contributed by atoms with van der Waals surface area (Å²) >= 11 is 6.87. The molecular weight excluding hydrogens is 450 g/mol. The van der Waals surface area contributed by atoms with Gasteiger partial charge < -0.3 is 15.4 Å². The fourth-order valence-corrected chi connectivity index (χ4v) is 4.30. The average molecular weight is 470 g/mol. The Morgan fingerprint density at radius 3 is 2.44 bits per heavy atom. The molecule has 7 nitrogen and oxygen atoms in total. The number of allylic oxidation sites excluding steroid dienone is 1. The number of aryl methyl sites for hydroxylation is 1. The van der Waals surface area contributed by atoms with Gasteiger partial charge in [-0.05, 0) is 36.8 Å². The molecule has 3 rings (SSSR count). The van der Waals surface area contributed by atoms with Gasteiger partial charge in [-0.1, -0.05) is 53.2 Å². The lowest BCUT2D eigenvalue weighted by Gasteiger charge is -2.31. The number of halogens is 1. The number of rotatable bonds is 6. The van der Waals surface area contributed by atoms with Crippen LogP contribution in [0.2, 0.25) is 5.02 Å². The summed E-state index contributed by atoms with van der Waals surface area (Å²) in [5.74, 6) is -3.70. The summed E-state index contributed by atoms with van der Waals surface area (Å²) in [6, 6.07) is 16.0. The smallest absolute Gasteiger partial charge is 0.319 e. The van der Waals surface area contributed by atoms with Crippen molar-refractivity contribution in [3.63, 3.8) is 0 Å². The number of carbonyl (C=O) groups excluding carboxylic acids is 3. The number of nitriles is 1. The normalized spacial score (nSPS) is 17.9. The van der Waals surface area contributed by atoms with Gasteiger partial charge in [0.25, 0.3) is 0 Å². The molecule has 164 valence electrons. The molecule has 0 aromatic heterocycles. The lowest BCUT2D eigenvalue weighted by atomic mass is 9.78. The highest BCUT2D eigenvalue weighted by molar-refractivity contribution is 8.03. The molecule has 2 aromatic rings. The molecule has 1 aliphatic rings. The molecule has 32 heavy (non-hydrogen) atoms. The molecule has 0 fully saturated rings. The molecule has 0 saturated heterocycles. The number of methoxy groups -OCH3 is 1. The summed E-state index contributed by atoms with van der Waals surface area (Å²) in [6.07, 6.45) is 0. The fourth-order valence-electron chi connectivity index (χ4n) is 3.32. The molecule has 0 aliphatic carbocycles. The van der Waals surface area contributed by atoms with Crippen LogP contribution in [0.5, 0.6) is 0 Å². The summed E-state index contributed by atoms with van der Waals surface area (Å²) in [5.41, 5.74) is 2.42. The number of ether oxygens (including phenoxy) is 1. The van der Waals surface area contributed by atoms with Crippen molar-refractivity contribution >= 4 is 46.8 Å². The molecule has 2 atom stereocenters. The summed E-state index contributed by atoms with van der Waals surface area (Å²) < 4.78 is 4.82. The van der Waals surface area contributed by atoms with Crippen LogP contribution >= 0.6 is 23.4 Å². The monoisotopic (exact) mass is 469 g/mol. The SMILES string of the molecule is COC(=O)[C@@H]1C(=O)NC(SCC(=O)Nc2ccc(Cl)cc2)=C(C#N)[C@H]1c1ccc(C)cc1. The maximum atomic E-state index is 12.8. The molecule has 0 radical (unpaired) electrons. The molecule has 2 aromatic carbocycles. The fraction of sp³-hybridized carbons (Fsp3) is 0.217. The van der Waals surface area contributed by atoms with E-state index in [2.05, 4.69) is 16.7 Å². The molecule has 0 bridgehead atoms. The van der Waals surface area contributed by atoms with Crippen LogP contribution in [0.1, 0.15) is 17.0 Å². The number of hydrogen-bond acceptors (Lipinski definition) is 6. The second-order valence-electron chi connectivity index (χ2n) is 7.08. The number of carbonyl (C=O) groups is 3. The van der Waals surface area contributed by atoms with Crippen LogP contribution in [0.3, 0.4) is 0 Å². The molecule has 0 unspecified atom stereocenters. The van der Waals surface area contributed by atoms with E-state index in [4.69, 9.17) is 16.3 Å². The third-order valence-corrected chi connectivity index (χ3v) is 6.16. The van der Waals surface area contributed by atoms with Gasteiger partial charge in [0.2, 0.25) is 11.8 Å². The van der Waals surface area contributed by atoms with Crippen molar-refractivity contribution in [2.24, 2.45) is 5.92 Å². The zero-order chi connectivity index (χ0) is 23.3. The minimum absolute atomic E-state index is 0.0487. The van der Waals surface area contributed by atoms with Gasteiger partial charge in [-0.25, -0.2) is 0 Å². The number of thioether (sulfide) groups is 1. The highest BCUT2D eigenvalue weighted by atomic mass is 35.5. The van der Waals surface area contributed by atoms with E-state index in [1.165, 1.54) is 7.11 Å². The average Bonchev–Trinajstić information content (AvgIpc) is 2.78. The van der Waals surface area contributed by atoms with E-state index >= 15 is 0 Å². The zero-order valence-electron chi connectivity index (χ0n) is 17.3. The second-order valence-corrected chi connectivity index (χ2v) is 8.50. The molecule has 1 aliphatic heterocycles. The van der Waals surface area contributed by atoms with Crippen LogP contribution in [0.15, 0.2) is 59.1 Å². The first-order valence-corrected chi connectivity index (χ1v) is 11.0. The molecular formula is C23H20ClN3O4S.